The van der Waals surface area contributed by atoms with E-state index in [9.17, 15) is 16.4 Å². The Kier molecular flexibility index (Phi) is 7.43. The predicted octanol–water partition coefficient (Wildman–Crippen LogP) is 1.68. The van der Waals surface area contributed by atoms with Crippen LogP contribution in [0.4, 0.5) is 5.69 Å². The van der Waals surface area contributed by atoms with Crippen molar-refractivity contribution in [2.75, 3.05) is 64.6 Å². The number of alkyl halides is 1. The maximum atomic E-state index is 13.4. The first-order chi connectivity index (χ1) is 13.9. The molecule has 10 heteroatoms. The Labute approximate surface area is 175 Å². The summed E-state index contributed by atoms with van der Waals surface area (Å²) in [6.45, 7) is 3.26. The Morgan fingerprint density at radius 3 is 2.31 bits per heavy atom. The van der Waals surface area contributed by atoms with Crippen LogP contribution in [0.25, 0.3) is 0 Å². The van der Waals surface area contributed by atoms with Gasteiger partial charge in [-0.25, -0.2) is 0 Å². The topological polar surface area (TPSA) is 109 Å². The van der Waals surface area contributed by atoms with Gasteiger partial charge in [0.1, 0.15) is 0 Å². The van der Waals surface area contributed by atoms with Gasteiger partial charge in [0, 0.05) is 7.11 Å². The number of halogens is 1. The number of benzene rings is 1. The van der Waals surface area contributed by atoms with E-state index < -0.39 is 28.5 Å². The Hall–Kier alpha value is -1.34. The summed E-state index contributed by atoms with van der Waals surface area (Å²) < 4.78 is 40.0. The first-order valence-corrected chi connectivity index (χ1v) is 13.5. The van der Waals surface area contributed by atoms with Crippen LogP contribution in [-0.4, -0.2) is 80.8 Å². The fraction of sp³-hybridized carbons (Fsp3) is 0.632. The molecule has 0 saturated carbocycles. The van der Waals surface area contributed by atoms with E-state index >= 15 is 0 Å². The summed E-state index contributed by atoms with van der Waals surface area (Å²) in [5.74, 6) is -0.419. The average Bonchev–Trinajstić information content (AvgIpc) is 2.75. The molecular weight excluding hydrogens is 495 g/mol. The van der Waals surface area contributed by atoms with Crippen molar-refractivity contribution in [2.45, 2.75) is 16.3 Å². The molecule has 3 rings (SSSR count). The summed E-state index contributed by atoms with van der Waals surface area (Å²) in [7, 11) is 1.62. The quantitative estimate of drug-likeness (QED) is 0.227. The molecule has 2 aliphatic heterocycles. The van der Waals surface area contributed by atoms with E-state index in [0.29, 0.717) is 39.4 Å². The standard InChI is InChI=1S/C19H29IN2O7/c1-27-14-15-29-17-4-2-16(3-5-17)21-8-10-22(11-9-21)20(25,26)19(18(23)24)6-12-28-13-7-19/h2-5H,6-15H2,1H3,(H,23,24)(H,25,26). The van der Waals surface area contributed by atoms with Crippen molar-refractivity contribution in [1.82, 2.24) is 3.11 Å². The second-order valence-electron chi connectivity index (χ2n) is 7.07. The van der Waals surface area contributed by atoms with Gasteiger partial charge in [-0.1, -0.05) is 0 Å². The molecule has 1 atom stereocenters. The molecule has 2 N–H and O–H groups in total. The zero-order valence-electron chi connectivity index (χ0n) is 16.6. The van der Waals surface area contributed by atoms with Crippen LogP contribution in [0, 0.1) is 0 Å². The van der Waals surface area contributed by atoms with Gasteiger partial charge < -0.3 is 0 Å². The molecule has 0 radical (unpaired) electrons. The van der Waals surface area contributed by atoms with Crippen LogP contribution in [0.3, 0.4) is 0 Å². The molecule has 1 aromatic carbocycles. The average molecular weight is 524 g/mol. The zero-order valence-corrected chi connectivity index (χ0v) is 18.7. The van der Waals surface area contributed by atoms with Crippen molar-refractivity contribution in [3.63, 3.8) is 0 Å². The maximum absolute atomic E-state index is 13.4. The minimum atomic E-state index is -4.95. The second kappa shape index (κ2) is 9.65. The van der Waals surface area contributed by atoms with Gasteiger partial charge in [0.2, 0.25) is 0 Å². The molecule has 0 bridgehead atoms. The molecule has 1 unspecified atom stereocenters. The van der Waals surface area contributed by atoms with Crippen LogP contribution in [-0.2, 0) is 17.3 Å². The normalized spacial score (nSPS) is 23.2. The number of carboxylic acids is 1. The van der Waals surface area contributed by atoms with E-state index in [4.69, 9.17) is 14.2 Å². The summed E-state index contributed by atoms with van der Waals surface area (Å²) in [4.78, 5) is 14.1. The Morgan fingerprint density at radius 1 is 1.14 bits per heavy atom. The van der Waals surface area contributed by atoms with Crippen molar-refractivity contribution in [3.8, 4) is 5.75 Å². The molecule has 0 amide bonds. The van der Waals surface area contributed by atoms with E-state index in [0.717, 1.165) is 11.4 Å². The summed E-state index contributed by atoms with van der Waals surface area (Å²) >= 11 is -4.95. The molecular formula is C19H29IN2O7. The number of nitrogens with zero attached hydrogens (tertiary/aromatic N) is 2. The summed E-state index contributed by atoms with van der Waals surface area (Å²) in [6.07, 6.45) is 0.174. The van der Waals surface area contributed by atoms with Gasteiger partial charge >= 0.3 is 168 Å². The van der Waals surface area contributed by atoms with Crippen molar-refractivity contribution in [3.05, 3.63) is 24.3 Å². The molecule has 164 valence electrons. The van der Waals surface area contributed by atoms with Crippen LogP contribution in [0.1, 0.15) is 12.8 Å². The van der Waals surface area contributed by atoms with E-state index in [1.165, 1.54) is 3.11 Å². The fourth-order valence-electron chi connectivity index (χ4n) is 3.65. The van der Waals surface area contributed by atoms with Crippen LogP contribution in [0.5, 0.6) is 5.75 Å². The number of aliphatic carboxylic acids is 1. The molecule has 0 aliphatic carbocycles. The Bertz CT molecular complexity index is 729. The first kappa shape index (κ1) is 22.3. The monoisotopic (exact) mass is 524 g/mol. The van der Waals surface area contributed by atoms with Gasteiger partial charge in [-0.2, -0.15) is 0 Å². The van der Waals surface area contributed by atoms with Crippen LogP contribution in [0.15, 0.2) is 24.3 Å². The summed E-state index contributed by atoms with van der Waals surface area (Å²) in [6, 6.07) is 7.69. The van der Waals surface area contributed by atoms with Crippen molar-refractivity contribution < 1.29 is 30.6 Å². The number of anilines is 1. The molecule has 1 aromatic rings. The predicted molar refractivity (Wildman–Crippen MR) is 115 cm³/mol. The Balaban J connectivity index is 1.62. The zero-order chi connectivity index (χ0) is 20.9. The molecule has 29 heavy (non-hydrogen) atoms. The van der Waals surface area contributed by atoms with Crippen LogP contribution >= 0.6 is 19.1 Å². The summed E-state index contributed by atoms with van der Waals surface area (Å²) in [5, 5.41) is 9.76. The van der Waals surface area contributed by atoms with E-state index in [1.807, 2.05) is 24.3 Å². The van der Waals surface area contributed by atoms with Crippen molar-refractivity contribution in [1.29, 1.82) is 0 Å². The van der Waals surface area contributed by atoms with E-state index in [2.05, 4.69) is 4.90 Å². The van der Waals surface area contributed by atoms with Gasteiger partial charge in [0.05, 0.1) is 0 Å². The molecule has 9 nitrogen and oxygen atoms in total. The third-order valence-electron chi connectivity index (χ3n) is 5.45. The SMILES string of the molecule is COCCOc1ccc(N2CCN(I(=O)(O)C3(C(=O)O)CCOCC3)CC2)cc1. The molecule has 2 saturated heterocycles. The number of rotatable bonds is 8. The fourth-order valence-corrected chi connectivity index (χ4v) is 9.15. The molecule has 2 heterocycles. The van der Waals surface area contributed by atoms with Gasteiger partial charge in [-0.05, 0) is 0 Å². The molecule has 2 fully saturated rings. The number of carbonyl (C=O) groups is 1. The number of hydrogen-bond acceptors (Lipinski definition) is 6. The van der Waals surface area contributed by atoms with Crippen LogP contribution in [0.2, 0.25) is 0 Å². The van der Waals surface area contributed by atoms with Crippen molar-refractivity contribution >= 4 is 30.8 Å². The molecule has 2 aliphatic rings. The first-order valence-electron chi connectivity index (χ1n) is 9.64. The number of piperazine rings is 1. The molecule has 0 aromatic heterocycles. The second-order valence-corrected chi connectivity index (χ2v) is 13.1. The summed E-state index contributed by atoms with van der Waals surface area (Å²) in [5.41, 5.74) is 1.00. The van der Waals surface area contributed by atoms with Crippen LogP contribution < -0.4 is 9.64 Å². The van der Waals surface area contributed by atoms with Gasteiger partial charge in [0.25, 0.3) is 0 Å². The van der Waals surface area contributed by atoms with Gasteiger partial charge in [-0.3, -0.25) is 0 Å². The van der Waals surface area contributed by atoms with Gasteiger partial charge in [-0.15, -0.1) is 0 Å². The number of methoxy groups -OCH3 is 1. The van der Waals surface area contributed by atoms with E-state index in [1.54, 1.807) is 7.11 Å². The number of ether oxygens (including phenoxy) is 3. The third-order valence-corrected chi connectivity index (χ3v) is 12.5. The minimum absolute atomic E-state index is 0.0870. The Morgan fingerprint density at radius 2 is 1.76 bits per heavy atom. The van der Waals surface area contributed by atoms with Gasteiger partial charge in [0.15, 0.2) is 0 Å². The number of carboxylic acid groups (broad SMARTS) is 1. The van der Waals surface area contributed by atoms with Crippen molar-refractivity contribution in [2.24, 2.45) is 0 Å². The number of hydrogen-bond donors (Lipinski definition) is 2. The third kappa shape index (κ3) is 4.71. The van der Waals surface area contributed by atoms with E-state index in [-0.39, 0.29) is 26.1 Å². The molecule has 0 spiro atoms.